The summed E-state index contributed by atoms with van der Waals surface area (Å²) in [5.74, 6) is -0.0290. The van der Waals surface area contributed by atoms with E-state index < -0.39 is 5.91 Å². The van der Waals surface area contributed by atoms with E-state index in [1.54, 1.807) is 42.5 Å². The van der Waals surface area contributed by atoms with Gasteiger partial charge in [-0.3, -0.25) is 9.59 Å². The number of benzene rings is 2. The lowest BCUT2D eigenvalue weighted by molar-refractivity contribution is 0.101. The largest absolute Gasteiger partial charge is 0.494 e. The number of ether oxygens (including phenoxy) is 1. The highest BCUT2D eigenvalue weighted by molar-refractivity contribution is 6.06. The number of hydrogen-bond acceptors (Lipinski definition) is 4. The average molecular weight is 389 g/mol. The van der Waals surface area contributed by atoms with Gasteiger partial charge in [0.1, 0.15) is 17.1 Å². The second-order valence-corrected chi connectivity index (χ2v) is 6.52. The van der Waals surface area contributed by atoms with Gasteiger partial charge in [0.2, 0.25) is 0 Å². The topological polar surface area (TPSA) is 80.3 Å². The van der Waals surface area contributed by atoms with E-state index in [4.69, 9.17) is 4.74 Å². The summed E-state index contributed by atoms with van der Waals surface area (Å²) in [6, 6.07) is 17.5. The number of aromatic nitrogens is 1. The van der Waals surface area contributed by atoms with Gasteiger partial charge in [-0.15, -0.1) is 0 Å². The number of rotatable bonds is 6. The van der Waals surface area contributed by atoms with Crippen LogP contribution in [0.3, 0.4) is 0 Å². The third-order valence-corrected chi connectivity index (χ3v) is 4.49. The molecule has 2 N–H and O–H groups in total. The van der Waals surface area contributed by atoms with E-state index in [-0.39, 0.29) is 17.3 Å². The maximum Gasteiger partial charge on any atom is 0.274 e. The number of carbonyl (C=O) groups excluding carboxylic acids is 2. The molecule has 0 fully saturated rings. The fourth-order valence-electron chi connectivity index (χ4n) is 2.76. The summed E-state index contributed by atoms with van der Waals surface area (Å²) in [5, 5.41) is 5.63. The monoisotopic (exact) mass is 389 g/mol. The van der Waals surface area contributed by atoms with E-state index in [0.29, 0.717) is 12.3 Å². The van der Waals surface area contributed by atoms with Crippen molar-refractivity contribution in [1.82, 2.24) is 4.98 Å². The molecule has 0 radical (unpaired) electrons. The van der Waals surface area contributed by atoms with Crippen LogP contribution in [0.5, 0.6) is 5.75 Å². The standard InChI is InChI=1S/C23H23N3O3/c1-4-29-18-13-11-17(12-14-18)24-22(27)20-9-6-10-21(25-20)23(28)26-19-8-5-7-15(2)16(19)3/h5-14H,4H2,1-3H3,(H,24,27)(H,26,28). The molecule has 0 unspecified atom stereocenters. The number of aryl methyl sites for hydroxylation is 1. The zero-order valence-corrected chi connectivity index (χ0v) is 16.7. The Kier molecular flexibility index (Phi) is 6.24. The summed E-state index contributed by atoms with van der Waals surface area (Å²) in [5.41, 5.74) is 3.74. The first-order chi connectivity index (χ1) is 14.0. The van der Waals surface area contributed by atoms with Crippen LogP contribution in [0.2, 0.25) is 0 Å². The second-order valence-electron chi connectivity index (χ2n) is 6.52. The van der Waals surface area contributed by atoms with Gasteiger partial charge in [0.25, 0.3) is 11.8 Å². The Balaban J connectivity index is 1.71. The first kappa shape index (κ1) is 20.1. The Morgan fingerprint density at radius 2 is 1.48 bits per heavy atom. The third kappa shape index (κ3) is 4.99. The molecule has 2 amide bonds. The van der Waals surface area contributed by atoms with Gasteiger partial charge in [-0.2, -0.15) is 0 Å². The quantitative estimate of drug-likeness (QED) is 0.646. The van der Waals surface area contributed by atoms with E-state index >= 15 is 0 Å². The lowest BCUT2D eigenvalue weighted by Gasteiger charge is -2.11. The number of anilines is 2. The maximum atomic E-state index is 12.6. The summed E-state index contributed by atoms with van der Waals surface area (Å²) in [6.45, 7) is 6.41. The molecular weight excluding hydrogens is 366 g/mol. The smallest absolute Gasteiger partial charge is 0.274 e. The lowest BCUT2D eigenvalue weighted by atomic mass is 10.1. The normalized spacial score (nSPS) is 10.3. The molecule has 0 bridgehead atoms. The number of hydrogen-bond donors (Lipinski definition) is 2. The van der Waals surface area contributed by atoms with Crippen LogP contribution in [0.15, 0.2) is 60.7 Å². The molecule has 1 heterocycles. The Labute approximate surface area is 169 Å². The summed E-state index contributed by atoms with van der Waals surface area (Å²) in [6.07, 6.45) is 0. The number of carbonyl (C=O) groups is 2. The molecule has 148 valence electrons. The zero-order valence-electron chi connectivity index (χ0n) is 16.7. The van der Waals surface area contributed by atoms with Crippen molar-refractivity contribution in [3.8, 4) is 5.75 Å². The zero-order chi connectivity index (χ0) is 20.8. The minimum atomic E-state index is -0.393. The Bertz CT molecular complexity index is 1030. The molecule has 6 nitrogen and oxygen atoms in total. The molecule has 0 spiro atoms. The summed E-state index contributed by atoms with van der Waals surface area (Å²) in [4.78, 5) is 29.3. The van der Waals surface area contributed by atoms with Gasteiger partial charge in [-0.25, -0.2) is 4.98 Å². The van der Waals surface area contributed by atoms with Crippen LogP contribution in [-0.4, -0.2) is 23.4 Å². The van der Waals surface area contributed by atoms with Crippen LogP contribution in [0.4, 0.5) is 11.4 Å². The highest BCUT2D eigenvalue weighted by atomic mass is 16.5. The molecule has 3 rings (SSSR count). The molecule has 2 aromatic carbocycles. The van der Waals surface area contributed by atoms with Crippen LogP contribution >= 0.6 is 0 Å². The molecule has 0 aliphatic heterocycles. The van der Waals surface area contributed by atoms with Crippen molar-refractivity contribution in [1.29, 1.82) is 0 Å². The van der Waals surface area contributed by atoms with Crippen LogP contribution in [0, 0.1) is 13.8 Å². The van der Waals surface area contributed by atoms with Crippen molar-refractivity contribution in [2.24, 2.45) is 0 Å². The molecule has 1 aromatic heterocycles. The highest BCUT2D eigenvalue weighted by Gasteiger charge is 2.14. The van der Waals surface area contributed by atoms with Gasteiger partial charge in [-0.05, 0) is 74.4 Å². The molecule has 0 aliphatic carbocycles. The molecule has 6 heteroatoms. The molecule has 0 saturated carbocycles. The fraction of sp³-hybridized carbons (Fsp3) is 0.174. The van der Waals surface area contributed by atoms with Crippen molar-refractivity contribution >= 4 is 23.2 Å². The van der Waals surface area contributed by atoms with Crippen LogP contribution in [0.1, 0.15) is 39.0 Å². The van der Waals surface area contributed by atoms with Gasteiger partial charge in [0.05, 0.1) is 6.61 Å². The lowest BCUT2D eigenvalue weighted by Crippen LogP contribution is -2.19. The SMILES string of the molecule is CCOc1ccc(NC(=O)c2cccc(C(=O)Nc3cccc(C)c3C)n2)cc1. The maximum absolute atomic E-state index is 12.6. The predicted octanol–water partition coefficient (Wildman–Crippen LogP) is 4.60. The molecular formula is C23H23N3O3. The average Bonchev–Trinajstić information content (AvgIpc) is 2.73. The Morgan fingerprint density at radius 1 is 0.862 bits per heavy atom. The molecule has 3 aromatic rings. The van der Waals surface area contributed by atoms with Gasteiger partial charge in [0.15, 0.2) is 0 Å². The van der Waals surface area contributed by atoms with Crippen molar-refractivity contribution in [2.45, 2.75) is 20.8 Å². The molecule has 0 saturated heterocycles. The first-order valence-corrected chi connectivity index (χ1v) is 9.36. The van der Waals surface area contributed by atoms with Gasteiger partial charge < -0.3 is 15.4 Å². The highest BCUT2D eigenvalue weighted by Crippen LogP contribution is 2.19. The van der Waals surface area contributed by atoms with Crippen molar-refractivity contribution < 1.29 is 14.3 Å². The van der Waals surface area contributed by atoms with Gasteiger partial charge in [-0.1, -0.05) is 18.2 Å². The van der Waals surface area contributed by atoms with E-state index in [9.17, 15) is 9.59 Å². The van der Waals surface area contributed by atoms with Crippen molar-refractivity contribution in [3.63, 3.8) is 0 Å². The van der Waals surface area contributed by atoms with E-state index in [1.807, 2.05) is 39.0 Å². The Morgan fingerprint density at radius 3 is 2.14 bits per heavy atom. The van der Waals surface area contributed by atoms with Crippen molar-refractivity contribution in [2.75, 3.05) is 17.2 Å². The molecule has 0 aliphatic rings. The Hall–Kier alpha value is -3.67. The van der Waals surface area contributed by atoms with E-state index in [0.717, 1.165) is 22.6 Å². The van der Waals surface area contributed by atoms with Crippen LogP contribution in [0.25, 0.3) is 0 Å². The fourth-order valence-corrected chi connectivity index (χ4v) is 2.76. The number of nitrogens with one attached hydrogen (secondary N) is 2. The first-order valence-electron chi connectivity index (χ1n) is 9.36. The summed E-state index contributed by atoms with van der Waals surface area (Å²) < 4.78 is 5.39. The van der Waals surface area contributed by atoms with Crippen molar-refractivity contribution in [3.05, 3.63) is 83.2 Å². The number of amides is 2. The molecule has 29 heavy (non-hydrogen) atoms. The number of pyridine rings is 1. The van der Waals surface area contributed by atoms with Gasteiger partial charge in [0, 0.05) is 11.4 Å². The minimum Gasteiger partial charge on any atom is -0.494 e. The predicted molar refractivity (Wildman–Crippen MR) is 114 cm³/mol. The van der Waals surface area contributed by atoms with E-state index in [2.05, 4.69) is 15.6 Å². The van der Waals surface area contributed by atoms with Crippen LogP contribution < -0.4 is 15.4 Å². The van der Waals surface area contributed by atoms with Crippen LogP contribution in [-0.2, 0) is 0 Å². The second kappa shape index (κ2) is 9.01. The van der Waals surface area contributed by atoms with Gasteiger partial charge >= 0.3 is 0 Å². The van der Waals surface area contributed by atoms with E-state index in [1.165, 1.54) is 0 Å². The summed E-state index contributed by atoms with van der Waals surface area (Å²) in [7, 11) is 0. The summed E-state index contributed by atoms with van der Waals surface area (Å²) >= 11 is 0. The third-order valence-electron chi connectivity index (χ3n) is 4.49. The minimum absolute atomic E-state index is 0.160. The number of nitrogens with zero attached hydrogens (tertiary/aromatic N) is 1. The molecule has 0 atom stereocenters.